The normalized spacial score (nSPS) is 10.6. The van der Waals surface area contributed by atoms with Crippen LogP contribution in [0.15, 0.2) is 29.8 Å². The molecule has 0 radical (unpaired) electrons. The number of ether oxygens (including phenoxy) is 2. The predicted octanol–water partition coefficient (Wildman–Crippen LogP) is 2.29. The standard InChI is InChI=1S/C11H14ClNO2/c1-14-10-4-3-9(8-13)11(7-10)15-6-2-5-12/h2-5,7H,6,8,13H2,1H3/b5-2+. The molecule has 0 unspecified atom stereocenters. The minimum atomic E-state index is 0.420. The molecular weight excluding hydrogens is 214 g/mol. The van der Waals surface area contributed by atoms with Gasteiger partial charge >= 0.3 is 0 Å². The van der Waals surface area contributed by atoms with Gasteiger partial charge in [-0.05, 0) is 12.1 Å². The first kappa shape index (κ1) is 11.9. The van der Waals surface area contributed by atoms with Gasteiger partial charge in [-0.3, -0.25) is 0 Å². The molecule has 0 saturated heterocycles. The Bertz CT molecular complexity index is 339. The third-order valence-corrected chi connectivity index (χ3v) is 2.10. The van der Waals surface area contributed by atoms with Crippen LogP contribution in [-0.4, -0.2) is 13.7 Å². The van der Waals surface area contributed by atoms with Gasteiger partial charge in [0.2, 0.25) is 0 Å². The van der Waals surface area contributed by atoms with E-state index in [0.29, 0.717) is 13.2 Å². The van der Waals surface area contributed by atoms with Crippen LogP contribution in [0.4, 0.5) is 0 Å². The predicted molar refractivity (Wildman–Crippen MR) is 61.4 cm³/mol. The van der Waals surface area contributed by atoms with Gasteiger partial charge in [0, 0.05) is 23.7 Å². The second kappa shape index (κ2) is 6.32. The van der Waals surface area contributed by atoms with Gasteiger partial charge in [0.25, 0.3) is 0 Å². The van der Waals surface area contributed by atoms with Crippen LogP contribution in [0.25, 0.3) is 0 Å². The Morgan fingerprint density at radius 3 is 2.87 bits per heavy atom. The molecule has 4 heteroatoms. The number of methoxy groups -OCH3 is 1. The fraction of sp³-hybridized carbons (Fsp3) is 0.273. The lowest BCUT2D eigenvalue weighted by Crippen LogP contribution is -2.02. The number of rotatable bonds is 5. The monoisotopic (exact) mass is 227 g/mol. The molecule has 0 saturated carbocycles. The van der Waals surface area contributed by atoms with Crippen molar-refractivity contribution in [2.75, 3.05) is 13.7 Å². The van der Waals surface area contributed by atoms with E-state index >= 15 is 0 Å². The maximum Gasteiger partial charge on any atom is 0.127 e. The molecule has 0 amide bonds. The largest absolute Gasteiger partial charge is 0.497 e. The third-order valence-electron chi connectivity index (χ3n) is 1.92. The molecule has 0 aliphatic rings. The highest BCUT2D eigenvalue weighted by molar-refractivity contribution is 6.25. The lowest BCUT2D eigenvalue weighted by molar-refractivity contribution is 0.353. The summed E-state index contributed by atoms with van der Waals surface area (Å²) in [5.41, 5.74) is 7.94. The van der Waals surface area contributed by atoms with Crippen molar-refractivity contribution >= 4 is 11.6 Å². The summed E-state index contributed by atoms with van der Waals surface area (Å²) in [7, 11) is 1.61. The first-order valence-electron chi connectivity index (χ1n) is 4.56. The van der Waals surface area contributed by atoms with Crippen LogP contribution in [-0.2, 0) is 6.54 Å². The van der Waals surface area contributed by atoms with Crippen LogP contribution in [0.1, 0.15) is 5.56 Å². The first-order valence-corrected chi connectivity index (χ1v) is 5.00. The molecule has 0 atom stereocenters. The van der Waals surface area contributed by atoms with E-state index in [1.165, 1.54) is 5.54 Å². The van der Waals surface area contributed by atoms with Gasteiger partial charge in [0.15, 0.2) is 0 Å². The van der Waals surface area contributed by atoms with Crippen molar-refractivity contribution in [2.24, 2.45) is 5.73 Å². The average molecular weight is 228 g/mol. The van der Waals surface area contributed by atoms with E-state index in [4.69, 9.17) is 26.8 Å². The Morgan fingerprint density at radius 1 is 1.47 bits per heavy atom. The number of benzene rings is 1. The Hall–Kier alpha value is -1.19. The third kappa shape index (κ3) is 3.46. The summed E-state index contributed by atoms with van der Waals surface area (Å²) in [6, 6.07) is 5.55. The van der Waals surface area contributed by atoms with Crippen molar-refractivity contribution in [3.8, 4) is 11.5 Å². The molecule has 2 N–H and O–H groups in total. The maximum absolute atomic E-state index is 5.58. The zero-order chi connectivity index (χ0) is 11.1. The molecule has 0 aromatic heterocycles. The minimum absolute atomic E-state index is 0.420. The second-order valence-electron chi connectivity index (χ2n) is 2.85. The van der Waals surface area contributed by atoms with Crippen molar-refractivity contribution in [1.29, 1.82) is 0 Å². The maximum atomic E-state index is 5.58. The molecular formula is C11H14ClNO2. The summed E-state index contributed by atoms with van der Waals surface area (Å²) >= 11 is 5.39. The lowest BCUT2D eigenvalue weighted by Gasteiger charge is -2.10. The lowest BCUT2D eigenvalue weighted by atomic mass is 10.2. The Labute approximate surface area is 94.4 Å². The molecule has 82 valence electrons. The van der Waals surface area contributed by atoms with Gasteiger partial charge in [-0.1, -0.05) is 17.7 Å². The molecule has 15 heavy (non-hydrogen) atoms. The summed E-state index contributed by atoms with van der Waals surface area (Å²) in [6.45, 7) is 0.855. The molecule has 3 nitrogen and oxygen atoms in total. The summed E-state index contributed by atoms with van der Waals surface area (Å²) in [6.07, 6.45) is 1.71. The summed E-state index contributed by atoms with van der Waals surface area (Å²) in [5.74, 6) is 1.48. The first-order chi connectivity index (χ1) is 7.31. The SMILES string of the molecule is COc1ccc(CN)c(OC/C=C/Cl)c1. The van der Waals surface area contributed by atoms with Crippen LogP contribution < -0.4 is 15.2 Å². The summed E-state index contributed by atoms with van der Waals surface area (Å²) in [4.78, 5) is 0. The van der Waals surface area contributed by atoms with E-state index in [1.807, 2.05) is 18.2 Å². The number of hydrogen-bond acceptors (Lipinski definition) is 3. The van der Waals surface area contributed by atoms with Gasteiger partial charge in [-0.2, -0.15) is 0 Å². The van der Waals surface area contributed by atoms with E-state index in [1.54, 1.807) is 13.2 Å². The van der Waals surface area contributed by atoms with Crippen molar-refractivity contribution in [1.82, 2.24) is 0 Å². The fourth-order valence-corrected chi connectivity index (χ4v) is 1.21. The number of hydrogen-bond donors (Lipinski definition) is 1. The van der Waals surface area contributed by atoms with Crippen molar-refractivity contribution in [2.45, 2.75) is 6.54 Å². The van der Waals surface area contributed by atoms with Crippen LogP contribution >= 0.6 is 11.6 Å². The highest BCUT2D eigenvalue weighted by Crippen LogP contribution is 2.24. The zero-order valence-corrected chi connectivity index (χ0v) is 9.33. The van der Waals surface area contributed by atoms with Gasteiger partial charge in [-0.25, -0.2) is 0 Å². The number of nitrogens with two attached hydrogens (primary N) is 1. The second-order valence-corrected chi connectivity index (χ2v) is 3.10. The molecule has 0 bridgehead atoms. The molecule has 0 aliphatic carbocycles. The molecule has 0 spiro atoms. The Morgan fingerprint density at radius 2 is 2.27 bits per heavy atom. The smallest absolute Gasteiger partial charge is 0.127 e. The quantitative estimate of drug-likeness (QED) is 0.840. The van der Waals surface area contributed by atoms with Crippen LogP contribution in [0, 0.1) is 0 Å². The average Bonchev–Trinajstić information content (AvgIpc) is 2.29. The topological polar surface area (TPSA) is 44.5 Å². The highest BCUT2D eigenvalue weighted by atomic mass is 35.5. The Balaban J connectivity index is 2.81. The molecule has 0 aliphatic heterocycles. The number of halogens is 1. The highest BCUT2D eigenvalue weighted by Gasteiger charge is 2.03. The van der Waals surface area contributed by atoms with Crippen molar-refractivity contribution in [3.63, 3.8) is 0 Å². The van der Waals surface area contributed by atoms with E-state index in [0.717, 1.165) is 17.1 Å². The fourth-order valence-electron chi connectivity index (χ4n) is 1.14. The minimum Gasteiger partial charge on any atom is -0.497 e. The Kier molecular flexibility index (Phi) is 5.01. The van der Waals surface area contributed by atoms with E-state index < -0.39 is 0 Å². The summed E-state index contributed by atoms with van der Waals surface area (Å²) < 4.78 is 10.6. The molecule has 1 aromatic carbocycles. The zero-order valence-electron chi connectivity index (χ0n) is 8.57. The molecule has 0 heterocycles. The summed E-state index contributed by atoms with van der Waals surface area (Å²) in [5, 5.41) is 0. The van der Waals surface area contributed by atoms with E-state index in [-0.39, 0.29) is 0 Å². The van der Waals surface area contributed by atoms with Crippen molar-refractivity contribution < 1.29 is 9.47 Å². The van der Waals surface area contributed by atoms with Crippen LogP contribution in [0.5, 0.6) is 11.5 Å². The molecule has 0 fully saturated rings. The van der Waals surface area contributed by atoms with Crippen LogP contribution in [0.2, 0.25) is 0 Å². The van der Waals surface area contributed by atoms with Gasteiger partial charge in [0.05, 0.1) is 7.11 Å². The van der Waals surface area contributed by atoms with E-state index in [2.05, 4.69) is 0 Å². The molecule has 1 aromatic rings. The van der Waals surface area contributed by atoms with E-state index in [9.17, 15) is 0 Å². The molecule has 1 rings (SSSR count). The van der Waals surface area contributed by atoms with Gasteiger partial charge in [0.1, 0.15) is 18.1 Å². The van der Waals surface area contributed by atoms with Gasteiger partial charge in [-0.15, -0.1) is 0 Å². The van der Waals surface area contributed by atoms with Crippen LogP contribution in [0.3, 0.4) is 0 Å². The van der Waals surface area contributed by atoms with Crippen molar-refractivity contribution in [3.05, 3.63) is 35.4 Å². The van der Waals surface area contributed by atoms with Gasteiger partial charge < -0.3 is 15.2 Å².